The topological polar surface area (TPSA) is 66.1 Å². The van der Waals surface area contributed by atoms with Gasteiger partial charge in [-0.25, -0.2) is 4.98 Å². The van der Waals surface area contributed by atoms with E-state index in [0.29, 0.717) is 23.9 Å². The standard InChI is InChI=1S/C28H34N6O/c1-32-24(17-33-11-3-2-4-12-33)23(16-30-32)19-5-6-20-15-29-26(14-21(20)13-19)31-27(35)18-34-25-8-7-22-9-10-28(22,25)34/h5-6,13-16,22,25H,2-4,7-12,17-18H2,1H3,(H,29,31,35). The second-order valence-corrected chi connectivity index (χ2v) is 11.1. The van der Waals surface area contributed by atoms with Crippen molar-refractivity contribution < 1.29 is 4.79 Å². The van der Waals surface area contributed by atoms with Gasteiger partial charge >= 0.3 is 0 Å². The number of pyridine rings is 1. The fourth-order valence-electron chi connectivity index (χ4n) is 7.29. The first-order valence-electron chi connectivity index (χ1n) is 13.3. The van der Waals surface area contributed by atoms with Crippen LogP contribution >= 0.6 is 0 Å². The van der Waals surface area contributed by atoms with Crippen LogP contribution in [0.4, 0.5) is 5.82 Å². The van der Waals surface area contributed by atoms with Gasteiger partial charge in [-0.1, -0.05) is 18.6 Å². The van der Waals surface area contributed by atoms with Gasteiger partial charge in [0, 0.05) is 42.3 Å². The van der Waals surface area contributed by atoms with E-state index in [4.69, 9.17) is 0 Å². The minimum Gasteiger partial charge on any atom is -0.310 e. The number of fused-ring (bicyclic) bond motifs is 1. The van der Waals surface area contributed by atoms with Crippen molar-refractivity contribution in [2.24, 2.45) is 13.0 Å². The zero-order valence-corrected chi connectivity index (χ0v) is 20.5. The van der Waals surface area contributed by atoms with Gasteiger partial charge in [0.1, 0.15) is 5.82 Å². The molecule has 1 N–H and O–H groups in total. The number of aromatic nitrogens is 3. The van der Waals surface area contributed by atoms with Crippen LogP contribution < -0.4 is 5.32 Å². The van der Waals surface area contributed by atoms with Crippen molar-refractivity contribution in [2.75, 3.05) is 25.0 Å². The monoisotopic (exact) mass is 470 g/mol. The molecule has 7 rings (SSSR count). The lowest BCUT2D eigenvalue weighted by Crippen LogP contribution is -2.39. The van der Waals surface area contributed by atoms with E-state index in [1.54, 1.807) is 0 Å². The number of aryl methyl sites for hydroxylation is 1. The molecule has 2 saturated carbocycles. The third-order valence-electron chi connectivity index (χ3n) is 9.31. The number of piperidine rings is 2. The Balaban J connectivity index is 1.09. The summed E-state index contributed by atoms with van der Waals surface area (Å²) < 4.78 is 2.01. The normalized spacial score (nSPS) is 29.5. The van der Waals surface area contributed by atoms with Crippen LogP contribution in [0, 0.1) is 5.92 Å². The van der Waals surface area contributed by atoms with Gasteiger partial charge in [0.2, 0.25) is 5.91 Å². The highest BCUT2D eigenvalue weighted by molar-refractivity contribution is 5.95. The molecule has 2 saturated heterocycles. The molecule has 0 radical (unpaired) electrons. The van der Waals surface area contributed by atoms with Crippen molar-refractivity contribution in [2.45, 2.75) is 63.1 Å². The van der Waals surface area contributed by atoms with E-state index in [1.807, 2.05) is 30.2 Å². The molecule has 4 unspecified atom stereocenters. The fourth-order valence-corrected chi connectivity index (χ4v) is 7.29. The number of carbonyl (C=O) groups is 1. The van der Waals surface area contributed by atoms with Crippen LogP contribution in [0.3, 0.4) is 0 Å². The van der Waals surface area contributed by atoms with Gasteiger partial charge in [0.15, 0.2) is 0 Å². The first kappa shape index (κ1) is 21.5. The number of hydrogen-bond acceptors (Lipinski definition) is 5. The maximum atomic E-state index is 12.8. The zero-order valence-electron chi connectivity index (χ0n) is 20.5. The van der Waals surface area contributed by atoms with Crippen molar-refractivity contribution in [3.05, 3.63) is 42.4 Å². The molecule has 7 heteroatoms. The van der Waals surface area contributed by atoms with Crippen molar-refractivity contribution in [1.29, 1.82) is 0 Å². The molecule has 4 heterocycles. The number of nitrogens with zero attached hydrogens (tertiary/aromatic N) is 5. The maximum Gasteiger partial charge on any atom is 0.239 e. The average molecular weight is 471 g/mol. The number of amides is 1. The molecule has 1 amide bonds. The lowest BCUT2D eigenvalue weighted by atomic mass is 9.74. The minimum absolute atomic E-state index is 0.0542. The summed E-state index contributed by atoms with van der Waals surface area (Å²) in [6.07, 6.45) is 13.0. The maximum absolute atomic E-state index is 12.8. The molecule has 7 nitrogen and oxygen atoms in total. The molecule has 1 aromatic carbocycles. The molecule has 0 bridgehead atoms. The van der Waals surface area contributed by atoms with E-state index < -0.39 is 0 Å². The Kier molecular flexibility index (Phi) is 5.00. The van der Waals surface area contributed by atoms with Crippen LogP contribution in [-0.4, -0.2) is 61.7 Å². The van der Waals surface area contributed by atoms with E-state index in [2.05, 4.69) is 43.4 Å². The molecule has 2 aromatic heterocycles. The van der Waals surface area contributed by atoms with E-state index in [1.165, 1.54) is 56.2 Å². The first-order valence-corrected chi connectivity index (χ1v) is 13.3. The van der Waals surface area contributed by atoms with E-state index in [-0.39, 0.29) is 5.91 Å². The highest BCUT2D eigenvalue weighted by Gasteiger charge is 2.73. The summed E-state index contributed by atoms with van der Waals surface area (Å²) in [7, 11) is 2.04. The molecule has 182 valence electrons. The number of anilines is 1. The van der Waals surface area contributed by atoms with Gasteiger partial charge < -0.3 is 5.32 Å². The SMILES string of the molecule is Cn1ncc(-c2ccc3cnc(NC(=O)CN4C5CCC6CCC654)cc3c2)c1CN1CCCCC1. The quantitative estimate of drug-likeness (QED) is 0.548. The van der Waals surface area contributed by atoms with E-state index in [0.717, 1.165) is 41.9 Å². The van der Waals surface area contributed by atoms with Crippen LogP contribution in [0.15, 0.2) is 36.7 Å². The summed E-state index contributed by atoms with van der Waals surface area (Å²) in [6.45, 7) is 3.76. The largest absolute Gasteiger partial charge is 0.310 e. The van der Waals surface area contributed by atoms with Crippen LogP contribution in [0.5, 0.6) is 0 Å². The number of nitrogens with one attached hydrogen (secondary N) is 1. The predicted molar refractivity (Wildman–Crippen MR) is 137 cm³/mol. The minimum atomic E-state index is 0.0542. The lowest BCUT2D eigenvalue weighted by Gasteiger charge is -2.35. The summed E-state index contributed by atoms with van der Waals surface area (Å²) >= 11 is 0. The Labute approximate surface area is 206 Å². The summed E-state index contributed by atoms with van der Waals surface area (Å²) in [5.74, 6) is 1.53. The van der Waals surface area contributed by atoms with Gasteiger partial charge in [-0.15, -0.1) is 0 Å². The number of carbonyl (C=O) groups excluding carboxylic acids is 1. The van der Waals surface area contributed by atoms with E-state index >= 15 is 0 Å². The molecular weight excluding hydrogens is 436 g/mol. The number of likely N-dealkylation sites (tertiary alicyclic amines) is 2. The first-order chi connectivity index (χ1) is 17.1. The molecule has 4 fully saturated rings. The highest BCUT2D eigenvalue weighted by Crippen LogP contribution is 2.66. The lowest BCUT2D eigenvalue weighted by molar-refractivity contribution is -0.117. The molecule has 3 aromatic rings. The fraction of sp³-hybridized carbons (Fsp3) is 0.536. The molecular formula is C28H34N6O. The van der Waals surface area contributed by atoms with E-state index in [9.17, 15) is 4.79 Å². The third kappa shape index (κ3) is 3.51. The predicted octanol–water partition coefficient (Wildman–Crippen LogP) is 4.19. The summed E-state index contributed by atoms with van der Waals surface area (Å²) in [6, 6.07) is 9.14. The summed E-state index contributed by atoms with van der Waals surface area (Å²) in [4.78, 5) is 22.3. The smallest absolute Gasteiger partial charge is 0.239 e. The summed E-state index contributed by atoms with van der Waals surface area (Å²) in [5, 5.41) is 9.81. The second-order valence-electron chi connectivity index (χ2n) is 11.1. The van der Waals surface area contributed by atoms with Gasteiger partial charge in [-0.2, -0.15) is 5.10 Å². The molecule has 4 atom stereocenters. The molecule has 1 spiro atoms. The average Bonchev–Trinajstić information content (AvgIpc) is 3.23. The van der Waals surface area contributed by atoms with Gasteiger partial charge in [-0.3, -0.25) is 19.3 Å². The molecule has 2 aliphatic carbocycles. The summed E-state index contributed by atoms with van der Waals surface area (Å²) in [5.41, 5.74) is 3.99. The molecule has 35 heavy (non-hydrogen) atoms. The van der Waals surface area contributed by atoms with Crippen LogP contribution in [0.25, 0.3) is 21.9 Å². The zero-order chi connectivity index (χ0) is 23.6. The number of rotatable bonds is 6. The number of hydrogen-bond donors (Lipinski definition) is 1. The Hall–Kier alpha value is -2.77. The van der Waals surface area contributed by atoms with Gasteiger partial charge in [0.25, 0.3) is 0 Å². The third-order valence-corrected chi connectivity index (χ3v) is 9.31. The van der Waals surface area contributed by atoms with Crippen molar-refractivity contribution in [1.82, 2.24) is 24.6 Å². The second kappa shape index (κ2) is 8.14. The molecule has 4 aliphatic rings. The van der Waals surface area contributed by atoms with Crippen molar-refractivity contribution >= 4 is 22.5 Å². The van der Waals surface area contributed by atoms with Crippen LogP contribution in [-0.2, 0) is 18.4 Å². The van der Waals surface area contributed by atoms with Gasteiger partial charge in [-0.05, 0) is 80.6 Å². The Morgan fingerprint density at radius 1 is 1.09 bits per heavy atom. The van der Waals surface area contributed by atoms with Crippen LogP contribution in [0.2, 0.25) is 0 Å². The Morgan fingerprint density at radius 2 is 1.97 bits per heavy atom. The van der Waals surface area contributed by atoms with Crippen molar-refractivity contribution in [3.63, 3.8) is 0 Å². The number of benzene rings is 1. The van der Waals surface area contributed by atoms with Crippen molar-refractivity contribution in [3.8, 4) is 11.1 Å². The Bertz CT molecular complexity index is 1290. The van der Waals surface area contributed by atoms with Gasteiger partial charge in [0.05, 0.1) is 18.4 Å². The Morgan fingerprint density at radius 3 is 2.77 bits per heavy atom. The molecule has 2 aliphatic heterocycles. The highest BCUT2D eigenvalue weighted by atomic mass is 16.2. The van der Waals surface area contributed by atoms with Crippen LogP contribution in [0.1, 0.15) is 50.6 Å².